The summed E-state index contributed by atoms with van der Waals surface area (Å²) < 4.78 is 0. The number of carboxylic acids is 1. The van der Waals surface area contributed by atoms with E-state index in [1.54, 1.807) is 0 Å². The van der Waals surface area contributed by atoms with Gasteiger partial charge in [-0.1, -0.05) is 78.3 Å². The highest BCUT2D eigenvalue weighted by Gasteiger charge is 2.44. The molecule has 1 aromatic heterocycles. The molecule has 49 heavy (non-hydrogen) atoms. The molecule has 0 amide bonds. The van der Waals surface area contributed by atoms with Gasteiger partial charge in [0.2, 0.25) is 0 Å². The van der Waals surface area contributed by atoms with Crippen LogP contribution in [-0.2, 0) is 16.8 Å². The third kappa shape index (κ3) is 11.4. The van der Waals surface area contributed by atoms with E-state index in [0.29, 0.717) is 5.02 Å². The number of fused-ring (bicyclic) bond motifs is 1. The second-order valence-corrected chi connectivity index (χ2v) is 15.2. The van der Waals surface area contributed by atoms with E-state index in [0.717, 1.165) is 64.7 Å². The van der Waals surface area contributed by atoms with Gasteiger partial charge in [-0.3, -0.25) is 4.79 Å². The van der Waals surface area contributed by atoms with E-state index in [1.165, 1.54) is 5.56 Å². The van der Waals surface area contributed by atoms with Gasteiger partial charge < -0.3 is 31.3 Å². The SMILES string of the molecule is CC(C)(O)c1ccccc1CC[C@@H](SCC1(CC(=O)O)CC1)c1cccc(/C=C/c2ccc3ccc(Cl)cc3n2)c1.NC(CO)(CO)CO. The Kier molecular flexibility index (Phi) is 13.4. The second kappa shape index (κ2) is 17.1. The molecule has 8 nitrogen and oxygen atoms in total. The smallest absolute Gasteiger partial charge is 0.303 e. The summed E-state index contributed by atoms with van der Waals surface area (Å²) in [5.41, 5.74) is 9.09. The molecule has 4 aromatic rings. The molecule has 0 bridgehead atoms. The number of carbonyl (C=O) groups is 1. The van der Waals surface area contributed by atoms with Gasteiger partial charge in [-0.25, -0.2) is 4.98 Å². The maximum Gasteiger partial charge on any atom is 0.303 e. The zero-order chi connectivity index (χ0) is 35.7. The third-order valence-corrected chi connectivity index (χ3v) is 10.7. The van der Waals surface area contributed by atoms with Gasteiger partial charge >= 0.3 is 5.97 Å². The lowest BCUT2D eigenvalue weighted by Crippen LogP contribution is -2.50. The number of hydrogen-bond acceptors (Lipinski definition) is 8. The molecule has 5 rings (SSSR count). The van der Waals surface area contributed by atoms with Crippen molar-refractivity contribution in [2.24, 2.45) is 11.1 Å². The van der Waals surface area contributed by atoms with Crippen molar-refractivity contribution < 1.29 is 30.3 Å². The van der Waals surface area contributed by atoms with Crippen LogP contribution in [0.5, 0.6) is 0 Å². The van der Waals surface area contributed by atoms with E-state index >= 15 is 0 Å². The fourth-order valence-corrected chi connectivity index (χ4v) is 7.24. The number of aromatic nitrogens is 1. The fourth-order valence-electron chi connectivity index (χ4n) is 5.51. The third-order valence-electron chi connectivity index (χ3n) is 8.78. The normalized spacial score (nSPS) is 14.8. The van der Waals surface area contributed by atoms with Gasteiger partial charge in [0.15, 0.2) is 0 Å². The molecule has 0 radical (unpaired) electrons. The van der Waals surface area contributed by atoms with Crippen LogP contribution in [-0.4, -0.2) is 67.6 Å². The van der Waals surface area contributed by atoms with E-state index < -0.39 is 36.9 Å². The number of aliphatic carboxylic acids is 1. The first kappa shape index (κ1) is 38.5. The van der Waals surface area contributed by atoms with Gasteiger partial charge in [0.25, 0.3) is 0 Å². The van der Waals surface area contributed by atoms with Crippen LogP contribution in [0.3, 0.4) is 0 Å². The van der Waals surface area contributed by atoms with Crippen molar-refractivity contribution in [1.29, 1.82) is 0 Å². The minimum atomic E-state index is -1.21. The van der Waals surface area contributed by atoms with E-state index in [4.69, 9.17) is 37.6 Å². The van der Waals surface area contributed by atoms with Crippen LogP contribution >= 0.6 is 23.4 Å². The number of aryl methyl sites for hydroxylation is 1. The average molecular weight is 707 g/mol. The molecule has 1 saturated carbocycles. The molecule has 1 aliphatic carbocycles. The molecule has 3 aromatic carbocycles. The number of nitrogens with zero attached hydrogens (tertiary/aromatic N) is 1. The zero-order valence-corrected chi connectivity index (χ0v) is 29.6. The van der Waals surface area contributed by atoms with Gasteiger partial charge in [0, 0.05) is 21.4 Å². The van der Waals surface area contributed by atoms with Crippen LogP contribution in [0.25, 0.3) is 23.1 Å². The number of aliphatic hydroxyl groups excluding tert-OH is 3. The Bertz CT molecular complexity index is 1720. The number of thioether (sulfide) groups is 1. The highest BCUT2D eigenvalue weighted by Crippen LogP contribution is 2.53. The van der Waals surface area contributed by atoms with Crippen LogP contribution in [0.2, 0.25) is 5.02 Å². The Morgan fingerprint density at radius 3 is 2.31 bits per heavy atom. The topological polar surface area (TPSA) is 157 Å². The summed E-state index contributed by atoms with van der Waals surface area (Å²) in [5.74, 6) is 0.122. The molecule has 1 heterocycles. The Morgan fingerprint density at radius 2 is 1.67 bits per heavy atom. The summed E-state index contributed by atoms with van der Waals surface area (Å²) in [4.78, 5) is 16.2. The van der Waals surface area contributed by atoms with Crippen molar-refractivity contribution in [1.82, 2.24) is 4.98 Å². The molecule has 7 N–H and O–H groups in total. The highest BCUT2D eigenvalue weighted by molar-refractivity contribution is 7.99. The molecular weight excluding hydrogens is 660 g/mol. The lowest BCUT2D eigenvalue weighted by molar-refractivity contribution is -0.138. The summed E-state index contributed by atoms with van der Waals surface area (Å²) in [6.45, 7) is 2.45. The van der Waals surface area contributed by atoms with Gasteiger partial charge in [0.1, 0.15) is 0 Å². The quantitative estimate of drug-likeness (QED) is 0.0801. The second-order valence-electron chi connectivity index (χ2n) is 13.5. The molecule has 1 aliphatic rings. The van der Waals surface area contributed by atoms with E-state index in [1.807, 2.05) is 74.1 Å². The molecule has 10 heteroatoms. The van der Waals surface area contributed by atoms with Gasteiger partial charge in [-0.15, -0.1) is 0 Å². The first-order chi connectivity index (χ1) is 23.3. The zero-order valence-electron chi connectivity index (χ0n) is 28.1. The fraction of sp³-hybridized carbons (Fsp3) is 0.385. The summed E-state index contributed by atoms with van der Waals surface area (Å²) in [5, 5.41) is 47.1. The molecular formula is C39H47ClN2O6S. The average Bonchev–Trinajstić information content (AvgIpc) is 3.85. The number of rotatable bonds is 15. The maximum absolute atomic E-state index is 11.5. The van der Waals surface area contributed by atoms with E-state index in [2.05, 4.69) is 42.5 Å². The standard InChI is InChI=1S/C35H36ClNO3S.C4H11NO3/c1-34(2,40)30-9-4-3-7-25(30)13-17-32(41-23-35(18-19-35)22-33(38)39)27-8-5-6-24(20-27)10-15-29-16-12-26-11-14-28(36)21-31(26)37-29;5-4(1-6,2-7)3-8/h3-12,14-16,20-21,32,40H,13,17-19,22-23H2,1-2H3,(H,38,39);6-8H,1-3,5H2/b15-10+;/t32-;/m1./s1. The Labute approximate surface area is 297 Å². The monoisotopic (exact) mass is 706 g/mol. The molecule has 0 saturated heterocycles. The Balaban J connectivity index is 0.000000603. The molecule has 0 aliphatic heterocycles. The summed E-state index contributed by atoms with van der Waals surface area (Å²) in [7, 11) is 0. The van der Waals surface area contributed by atoms with Crippen molar-refractivity contribution in [2.75, 3.05) is 25.6 Å². The number of aliphatic hydroxyl groups is 4. The lowest BCUT2D eigenvalue weighted by atomic mass is 9.90. The van der Waals surface area contributed by atoms with Gasteiger partial charge in [0.05, 0.1) is 48.6 Å². The Morgan fingerprint density at radius 1 is 0.980 bits per heavy atom. The van der Waals surface area contributed by atoms with Crippen LogP contribution in [0.15, 0.2) is 78.9 Å². The first-order valence-corrected chi connectivity index (χ1v) is 17.8. The number of benzene rings is 3. The summed E-state index contributed by atoms with van der Waals surface area (Å²) in [6, 6.07) is 26.5. The number of halogens is 1. The lowest BCUT2D eigenvalue weighted by Gasteiger charge is -2.24. The van der Waals surface area contributed by atoms with Crippen molar-refractivity contribution >= 4 is 52.4 Å². The van der Waals surface area contributed by atoms with Crippen LogP contribution in [0.1, 0.15) is 72.7 Å². The largest absolute Gasteiger partial charge is 0.481 e. The highest BCUT2D eigenvalue weighted by atomic mass is 35.5. The number of nitrogens with two attached hydrogens (primary N) is 1. The predicted octanol–water partition coefficient (Wildman–Crippen LogP) is 6.61. The minimum Gasteiger partial charge on any atom is -0.481 e. The number of carboxylic acid groups (broad SMARTS) is 1. The first-order valence-electron chi connectivity index (χ1n) is 16.4. The number of hydrogen-bond donors (Lipinski definition) is 6. The van der Waals surface area contributed by atoms with Gasteiger partial charge in [-0.2, -0.15) is 11.8 Å². The molecule has 1 atom stereocenters. The maximum atomic E-state index is 11.5. The van der Waals surface area contributed by atoms with E-state index in [9.17, 15) is 15.0 Å². The van der Waals surface area contributed by atoms with Crippen molar-refractivity contribution in [3.63, 3.8) is 0 Å². The van der Waals surface area contributed by atoms with Crippen molar-refractivity contribution in [2.45, 2.75) is 62.3 Å². The van der Waals surface area contributed by atoms with E-state index in [-0.39, 0.29) is 17.1 Å². The summed E-state index contributed by atoms with van der Waals surface area (Å²) >= 11 is 8.04. The number of pyridine rings is 1. The molecule has 0 spiro atoms. The van der Waals surface area contributed by atoms with Crippen LogP contribution in [0, 0.1) is 5.41 Å². The van der Waals surface area contributed by atoms with Crippen molar-refractivity contribution in [3.05, 3.63) is 112 Å². The molecule has 262 valence electrons. The predicted molar refractivity (Wildman–Crippen MR) is 199 cm³/mol. The molecule has 1 fully saturated rings. The van der Waals surface area contributed by atoms with Crippen LogP contribution < -0.4 is 5.73 Å². The summed E-state index contributed by atoms with van der Waals surface area (Å²) in [6.07, 6.45) is 8.02. The minimum absolute atomic E-state index is 0.0814. The Hall–Kier alpha value is -3.28. The van der Waals surface area contributed by atoms with Gasteiger partial charge in [-0.05, 0) is 91.5 Å². The van der Waals surface area contributed by atoms with Crippen molar-refractivity contribution in [3.8, 4) is 0 Å². The molecule has 0 unspecified atom stereocenters. The van der Waals surface area contributed by atoms with Crippen LogP contribution in [0.4, 0.5) is 0 Å².